The number of ether oxygens (including phenoxy) is 2. The standard InChI is InChI=1S/C23H29N3O4/c1-23(2,3)24-13-16(27)14-30-17-8-6-15(7-9-17)21-25-20-11-10-18(29-5)12-19(20)22(28)26(21)4/h6-12,16,24,27H,13-14H2,1-5H3/i4-1. The van der Waals surface area contributed by atoms with Crippen LogP contribution in [0.25, 0.3) is 22.3 Å². The van der Waals surface area contributed by atoms with Crippen LogP contribution in [-0.4, -0.2) is 46.6 Å². The van der Waals surface area contributed by atoms with Crippen molar-refractivity contribution in [2.75, 3.05) is 20.3 Å². The van der Waals surface area contributed by atoms with Crippen molar-refractivity contribution in [3.05, 3.63) is 52.8 Å². The van der Waals surface area contributed by atoms with Crippen LogP contribution in [0.1, 0.15) is 20.8 Å². The van der Waals surface area contributed by atoms with Crippen LogP contribution in [0.2, 0.25) is 0 Å². The number of nitrogens with one attached hydrogen (secondary N) is 1. The van der Waals surface area contributed by atoms with Crippen molar-refractivity contribution in [3.63, 3.8) is 0 Å². The SMILES string of the molecule is COc1ccc2nc(-c3ccc(OCC(O)CNC(C)(C)C)cc3)n([11CH3])c(=O)c2c1. The van der Waals surface area contributed by atoms with Crippen molar-refractivity contribution in [1.29, 1.82) is 0 Å². The van der Waals surface area contributed by atoms with E-state index in [4.69, 9.17) is 9.47 Å². The summed E-state index contributed by atoms with van der Waals surface area (Å²) in [5.74, 6) is 1.83. The molecule has 30 heavy (non-hydrogen) atoms. The highest BCUT2D eigenvalue weighted by molar-refractivity contribution is 5.81. The minimum atomic E-state index is -0.608. The number of β-amino-alcohol motifs (C(OH)–C–C–N with tert-alkyl or cyclic N) is 1. The predicted molar refractivity (Wildman–Crippen MR) is 118 cm³/mol. The molecule has 1 heterocycles. The summed E-state index contributed by atoms with van der Waals surface area (Å²) in [5, 5.41) is 13.8. The van der Waals surface area contributed by atoms with E-state index in [2.05, 4.69) is 10.3 Å². The maximum Gasteiger partial charge on any atom is 0.261 e. The van der Waals surface area contributed by atoms with Crippen LogP contribution in [0.3, 0.4) is 0 Å². The molecule has 3 aromatic rings. The third-order valence-corrected chi connectivity index (χ3v) is 4.71. The smallest absolute Gasteiger partial charge is 0.261 e. The Hall–Kier alpha value is -2.90. The number of methoxy groups -OCH3 is 1. The minimum Gasteiger partial charge on any atom is -0.497 e. The number of aliphatic hydroxyl groups is 1. The van der Waals surface area contributed by atoms with E-state index in [-0.39, 0.29) is 17.7 Å². The fourth-order valence-electron chi connectivity index (χ4n) is 3.01. The van der Waals surface area contributed by atoms with Crippen LogP contribution in [0, 0.1) is 0 Å². The summed E-state index contributed by atoms with van der Waals surface area (Å²) in [5.41, 5.74) is 1.22. The van der Waals surface area contributed by atoms with E-state index < -0.39 is 6.10 Å². The number of hydrogen-bond donors (Lipinski definition) is 2. The van der Waals surface area contributed by atoms with Gasteiger partial charge in [-0.25, -0.2) is 4.98 Å². The molecule has 0 aliphatic heterocycles. The molecule has 3 rings (SSSR count). The fourth-order valence-corrected chi connectivity index (χ4v) is 3.01. The second-order valence-electron chi connectivity index (χ2n) is 8.30. The molecule has 160 valence electrons. The summed E-state index contributed by atoms with van der Waals surface area (Å²) in [7, 11) is 3.27. The maximum atomic E-state index is 12.8. The van der Waals surface area contributed by atoms with E-state index in [9.17, 15) is 9.90 Å². The highest BCUT2D eigenvalue weighted by Crippen LogP contribution is 2.23. The molecule has 0 saturated heterocycles. The average molecular weight is 411 g/mol. The topological polar surface area (TPSA) is 85.6 Å². The number of fused-ring (bicyclic) bond motifs is 1. The number of benzene rings is 2. The Bertz CT molecular complexity index is 1070. The van der Waals surface area contributed by atoms with Crippen molar-refractivity contribution in [3.8, 4) is 22.9 Å². The Labute approximate surface area is 176 Å². The monoisotopic (exact) mass is 410 g/mol. The number of aromatic nitrogens is 2. The predicted octanol–water partition coefficient (Wildman–Crippen LogP) is 2.74. The van der Waals surface area contributed by atoms with Crippen LogP contribution >= 0.6 is 0 Å². The van der Waals surface area contributed by atoms with Crippen molar-refractivity contribution >= 4 is 10.9 Å². The van der Waals surface area contributed by atoms with E-state index in [1.54, 1.807) is 32.4 Å². The van der Waals surface area contributed by atoms with Gasteiger partial charge in [0.15, 0.2) is 0 Å². The second kappa shape index (κ2) is 8.85. The first kappa shape index (κ1) is 21.8. The summed E-state index contributed by atoms with van der Waals surface area (Å²) in [4.78, 5) is 17.4. The number of rotatable bonds is 7. The lowest BCUT2D eigenvalue weighted by Gasteiger charge is -2.23. The van der Waals surface area contributed by atoms with Gasteiger partial charge in [-0.05, 0) is 63.2 Å². The highest BCUT2D eigenvalue weighted by Gasteiger charge is 2.14. The lowest BCUT2D eigenvalue weighted by molar-refractivity contribution is 0.100. The first-order chi connectivity index (χ1) is 14.2. The number of hydrogen-bond acceptors (Lipinski definition) is 6. The molecule has 2 aromatic carbocycles. The normalized spacial score (nSPS) is 12.7. The molecule has 0 fully saturated rings. The average Bonchev–Trinajstić information content (AvgIpc) is 2.73. The molecule has 1 atom stereocenters. The zero-order valence-corrected chi connectivity index (χ0v) is 18.1. The Balaban J connectivity index is 1.75. The zero-order valence-electron chi connectivity index (χ0n) is 18.1. The van der Waals surface area contributed by atoms with Crippen molar-refractivity contribution in [2.45, 2.75) is 32.4 Å². The van der Waals surface area contributed by atoms with Crippen molar-refractivity contribution in [1.82, 2.24) is 14.9 Å². The molecule has 0 bridgehead atoms. The molecular weight excluding hydrogens is 381 g/mol. The fraction of sp³-hybridized carbons (Fsp3) is 0.391. The summed E-state index contributed by atoms with van der Waals surface area (Å²) in [6, 6.07) is 12.6. The summed E-state index contributed by atoms with van der Waals surface area (Å²) >= 11 is 0. The Morgan fingerprint density at radius 2 is 1.80 bits per heavy atom. The molecule has 7 heteroatoms. The summed E-state index contributed by atoms with van der Waals surface area (Å²) in [6.07, 6.45) is -0.608. The van der Waals surface area contributed by atoms with Crippen LogP contribution < -0.4 is 20.3 Å². The van der Waals surface area contributed by atoms with Gasteiger partial charge in [0.2, 0.25) is 0 Å². The third-order valence-electron chi connectivity index (χ3n) is 4.71. The molecule has 1 aromatic heterocycles. The Kier molecular flexibility index (Phi) is 6.43. The van der Waals surface area contributed by atoms with E-state index >= 15 is 0 Å². The van der Waals surface area contributed by atoms with Gasteiger partial charge in [0.1, 0.15) is 30.0 Å². The highest BCUT2D eigenvalue weighted by atomic mass is 16.5. The second-order valence-corrected chi connectivity index (χ2v) is 8.30. The van der Waals surface area contributed by atoms with Gasteiger partial charge in [-0.3, -0.25) is 9.36 Å². The first-order valence-electron chi connectivity index (χ1n) is 9.89. The van der Waals surface area contributed by atoms with E-state index in [0.29, 0.717) is 34.8 Å². The number of aliphatic hydroxyl groups excluding tert-OH is 1. The largest absolute Gasteiger partial charge is 0.497 e. The zero-order chi connectivity index (χ0) is 21.9. The van der Waals surface area contributed by atoms with E-state index in [1.807, 2.05) is 45.0 Å². The van der Waals surface area contributed by atoms with E-state index in [1.165, 1.54) is 4.57 Å². The molecule has 0 saturated carbocycles. The first-order valence-corrected chi connectivity index (χ1v) is 9.89. The van der Waals surface area contributed by atoms with Crippen molar-refractivity contribution < 1.29 is 14.6 Å². The number of nitrogens with zero attached hydrogens (tertiary/aromatic N) is 2. The molecule has 1 unspecified atom stereocenters. The summed E-state index contributed by atoms with van der Waals surface area (Å²) in [6.45, 7) is 6.78. The van der Waals surface area contributed by atoms with Crippen LogP contribution in [0.4, 0.5) is 0 Å². The van der Waals surface area contributed by atoms with E-state index in [0.717, 1.165) is 5.56 Å². The van der Waals surface area contributed by atoms with Gasteiger partial charge in [0.25, 0.3) is 5.56 Å². The molecule has 0 spiro atoms. The van der Waals surface area contributed by atoms with Gasteiger partial charge in [0, 0.05) is 24.7 Å². The third kappa shape index (κ3) is 5.17. The maximum absolute atomic E-state index is 12.8. The van der Waals surface area contributed by atoms with Gasteiger partial charge in [0.05, 0.1) is 18.0 Å². The molecule has 0 radical (unpaired) electrons. The molecule has 2 N–H and O–H groups in total. The quantitative estimate of drug-likeness (QED) is 0.623. The lowest BCUT2D eigenvalue weighted by atomic mass is 10.1. The minimum absolute atomic E-state index is 0.0590. The van der Waals surface area contributed by atoms with Gasteiger partial charge in [-0.1, -0.05) is 0 Å². The van der Waals surface area contributed by atoms with Crippen LogP contribution in [0.15, 0.2) is 47.3 Å². The van der Waals surface area contributed by atoms with Crippen molar-refractivity contribution in [2.24, 2.45) is 7.05 Å². The van der Waals surface area contributed by atoms with Crippen LogP contribution in [-0.2, 0) is 7.05 Å². The summed E-state index contributed by atoms with van der Waals surface area (Å²) < 4.78 is 12.4. The Morgan fingerprint density at radius 3 is 2.43 bits per heavy atom. The molecule has 0 amide bonds. The molecule has 0 aliphatic rings. The van der Waals surface area contributed by atoms with Crippen LogP contribution in [0.5, 0.6) is 11.5 Å². The Morgan fingerprint density at radius 1 is 1.13 bits per heavy atom. The van der Waals surface area contributed by atoms with Gasteiger partial charge < -0.3 is 19.9 Å². The van der Waals surface area contributed by atoms with Gasteiger partial charge in [-0.15, -0.1) is 0 Å². The lowest BCUT2D eigenvalue weighted by Crippen LogP contribution is -2.42. The molecule has 0 aliphatic carbocycles. The molecular formula is C23H29N3O4. The van der Waals surface area contributed by atoms with Gasteiger partial charge >= 0.3 is 0 Å². The molecule has 7 nitrogen and oxygen atoms in total. The van der Waals surface area contributed by atoms with Gasteiger partial charge in [-0.2, -0.15) is 0 Å².